The highest BCUT2D eigenvalue weighted by molar-refractivity contribution is 9.10. The molecule has 4 heteroatoms. The smallest absolute Gasteiger partial charge is 0.147 e. The Bertz CT molecular complexity index is 459. The largest absolute Gasteiger partial charge is 0.363 e. The molecule has 1 aliphatic rings. The van der Waals surface area contributed by atoms with Crippen LogP contribution >= 0.6 is 15.9 Å². The van der Waals surface area contributed by atoms with E-state index in [2.05, 4.69) is 53.8 Å². The van der Waals surface area contributed by atoms with Gasteiger partial charge in [0.25, 0.3) is 0 Å². The van der Waals surface area contributed by atoms with Gasteiger partial charge in [-0.3, -0.25) is 0 Å². The van der Waals surface area contributed by atoms with E-state index < -0.39 is 0 Å². The zero-order valence-corrected chi connectivity index (χ0v) is 13.6. The number of piperazine rings is 1. The Labute approximate surface area is 123 Å². The molecule has 0 spiro atoms. The molecule has 0 amide bonds. The summed E-state index contributed by atoms with van der Waals surface area (Å²) in [5, 5.41) is 3.55. The fraction of sp³-hybridized carbons (Fsp3) is 0.600. The molecule has 1 aromatic carbocycles. The van der Waals surface area contributed by atoms with E-state index in [0.29, 0.717) is 17.6 Å². The molecule has 0 bridgehead atoms. The normalized spacial score (nSPS) is 22.9. The number of rotatable bonds is 2. The second-order valence-electron chi connectivity index (χ2n) is 6.30. The minimum Gasteiger partial charge on any atom is -0.363 e. The van der Waals surface area contributed by atoms with Gasteiger partial charge in [-0.15, -0.1) is 0 Å². The first-order valence-electron chi connectivity index (χ1n) is 6.77. The Morgan fingerprint density at radius 3 is 2.68 bits per heavy atom. The Kier molecular flexibility index (Phi) is 4.21. The molecule has 0 aliphatic carbocycles. The van der Waals surface area contributed by atoms with Crippen molar-refractivity contribution in [1.82, 2.24) is 5.32 Å². The quantitative estimate of drug-likeness (QED) is 0.888. The third-order valence-corrected chi connectivity index (χ3v) is 4.24. The zero-order chi connectivity index (χ0) is 14.2. The maximum absolute atomic E-state index is 14.2. The van der Waals surface area contributed by atoms with E-state index in [1.165, 1.54) is 0 Å². The van der Waals surface area contributed by atoms with E-state index in [-0.39, 0.29) is 11.4 Å². The molecule has 1 heterocycles. The molecule has 1 unspecified atom stereocenters. The summed E-state index contributed by atoms with van der Waals surface area (Å²) in [6.07, 6.45) is 0. The van der Waals surface area contributed by atoms with Crippen molar-refractivity contribution < 1.29 is 4.39 Å². The number of hydrogen-bond donors (Lipinski definition) is 1. The van der Waals surface area contributed by atoms with Crippen molar-refractivity contribution in [3.63, 3.8) is 0 Å². The zero-order valence-electron chi connectivity index (χ0n) is 12.0. The third kappa shape index (κ3) is 3.29. The van der Waals surface area contributed by atoms with Gasteiger partial charge in [-0.2, -0.15) is 0 Å². The lowest BCUT2D eigenvalue weighted by atomic mass is 9.92. The van der Waals surface area contributed by atoms with Gasteiger partial charge in [-0.1, -0.05) is 29.8 Å². The van der Waals surface area contributed by atoms with Crippen molar-refractivity contribution in [3.05, 3.63) is 28.5 Å². The van der Waals surface area contributed by atoms with E-state index in [1.807, 2.05) is 12.1 Å². The molecule has 1 fully saturated rings. The van der Waals surface area contributed by atoms with Crippen molar-refractivity contribution in [3.8, 4) is 0 Å². The fourth-order valence-corrected chi connectivity index (χ4v) is 3.00. The molecule has 1 aliphatic heterocycles. The Morgan fingerprint density at radius 1 is 1.42 bits per heavy atom. The van der Waals surface area contributed by atoms with Crippen LogP contribution in [0.15, 0.2) is 22.7 Å². The van der Waals surface area contributed by atoms with Crippen LogP contribution in [0, 0.1) is 11.7 Å². The van der Waals surface area contributed by atoms with Gasteiger partial charge in [-0.25, -0.2) is 4.39 Å². The van der Waals surface area contributed by atoms with E-state index in [4.69, 9.17) is 0 Å². The van der Waals surface area contributed by atoms with Gasteiger partial charge < -0.3 is 10.2 Å². The van der Waals surface area contributed by atoms with Gasteiger partial charge in [0.15, 0.2) is 0 Å². The van der Waals surface area contributed by atoms with Gasteiger partial charge in [0.2, 0.25) is 0 Å². The second kappa shape index (κ2) is 5.41. The predicted molar refractivity (Wildman–Crippen MR) is 82.2 cm³/mol. The molecular weight excluding hydrogens is 307 g/mol. The number of hydrogen-bond acceptors (Lipinski definition) is 2. The number of halogens is 2. The molecule has 0 saturated carbocycles. The summed E-state index contributed by atoms with van der Waals surface area (Å²) in [5.41, 5.74) is 0.710. The third-order valence-electron chi connectivity index (χ3n) is 3.74. The highest BCUT2D eigenvalue weighted by Gasteiger charge is 2.35. The number of benzene rings is 1. The maximum Gasteiger partial charge on any atom is 0.147 e. The lowest BCUT2D eigenvalue weighted by Gasteiger charge is -2.47. The molecule has 1 aromatic rings. The van der Waals surface area contributed by atoms with Crippen LogP contribution in [0.25, 0.3) is 0 Å². The molecule has 0 aromatic heterocycles. The molecule has 0 radical (unpaired) electrons. The van der Waals surface area contributed by atoms with Crippen molar-refractivity contribution in [2.45, 2.75) is 39.3 Å². The first-order valence-corrected chi connectivity index (χ1v) is 7.56. The molecule has 19 heavy (non-hydrogen) atoms. The van der Waals surface area contributed by atoms with Crippen LogP contribution in [0.4, 0.5) is 10.1 Å². The standard InChI is InChI=1S/C15H22BrFN2/c1-10(2)14-8-18-15(3,4)9-19(14)13-6-5-11(16)7-12(13)17/h5-7,10,14,18H,8-9H2,1-4H3. The fourth-order valence-electron chi connectivity index (χ4n) is 2.66. The van der Waals surface area contributed by atoms with Crippen molar-refractivity contribution in [2.75, 3.05) is 18.0 Å². The van der Waals surface area contributed by atoms with Crippen molar-refractivity contribution in [2.24, 2.45) is 5.92 Å². The molecule has 1 saturated heterocycles. The molecule has 2 rings (SSSR count). The topological polar surface area (TPSA) is 15.3 Å². The van der Waals surface area contributed by atoms with Crippen LogP contribution < -0.4 is 10.2 Å². The van der Waals surface area contributed by atoms with Gasteiger partial charge in [0.05, 0.1) is 5.69 Å². The van der Waals surface area contributed by atoms with Crippen LogP contribution in [0.5, 0.6) is 0 Å². The highest BCUT2D eigenvalue weighted by Crippen LogP contribution is 2.30. The van der Waals surface area contributed by atoms with Crippen LogP contribution in [0.3, 0.4) is 0 Å². The van der Waals surface area contributed by atoms with E-state index in [1.54, 1.807) is 6.07 Å². The maximum atomic E-state index is 14.2. The molecular formula is C15H22BrFN2. The summed E-state index contributed by atoms with van der Waals surface area (Å²) >= 11 is 3.32. The van der Waals surface area contributed by atoms with Crippen LogP contribution in [-0.4, -0.2) is 24.7 Å². The van der Waals surface area contributed by atoms with Crippen LogP contribution in [0.1, 0.15) is 27.7 Å². The van der Waals surface area contributed by atoms with Crippen molar-refractivity contribution >= 4 is 21.6 Å². The first kappa shape index (κ1) is 14.8. The summed E-state index contributed by atoms with van der Waals surface area (Å²) in [4.78, 5) is 2.21. The van der Waals surface area contributed by atoms with Gasteiger partial charge in [0, 0.05) is 29.1 Å². The summed E-state index contributed by atoms with van der Waals surface area (Å²) in [5.74, 6) is 0.323. The minimum atomic E-state index is -0.155. The second-order valence-corrected chi connectivity index (χ2v) is 7.22. The monoisotopic (exact) mass is 328 g/mol. The van der Waals surface area contributed by atoms with Crippen LogP contribution in [-0.2, 0) is 0 Å². The van der Waals surface area contributed by atoms with Gasteiger partial charge in [-0.05, 0) is 38.0 Å². The lowest BCUT2D eigenvalue weighted by Crippen LogP contribution is -2.63. The van der Waals surface area contributed by atoms with E-state index >= 15 is 0 Å². The number of nitrogens with zero attached hydrogens (tertiary/aromatic N) is 1. The molecule has 2 nitrogen and oxygen atoms in total. The van der Waals surface area contributed by atoms with Gasteiger partial charge >= 0.3 is 0 Å². The summed E-state index contributed by atoms with van der Waals surface area (Å²) < 4.78 is 15.0. The summed E-state index contributed by atoms with van der Waals surface area (Å²) in [6, 6.07) is 5.65. The van der Waals surface area contributed by atoms with E-state index in [0.717, 1.165) is 17.6 Å². The lowest BCUT2D eigenvalue weighted by molar-refractivity contribution is 0.275. The average Bonchev–Trinajstić information content (AvgIpc) is 2.27. The predicted octanol–water partition coefficient (Wildman–Crippen LogP) is 3.80. The van der Waals surface area contributed by atoms with Gasteiger partial charge in [0.1, 0.15) is 5.82 Å². The number of nitrogens with one attached hydrogen (secondary N) is 1. The minimum absolute atomic E-state index is 0.00486. The molecule has 1 N–H and O–H groups in total. The Balaban J connectivity index is 2.36. The average molecular weight is 329 g/mol. The Hall–Kier alpha value is -0.610. The van der Waals surface area contributed by atoms with Crippen molar-refractivity contribution in [1.29, 1.82) is 0 Å². The first-order chi connectivity index (χ1) is 8.80. The molecule has 106 valence electrons. The Morgan fingerprint density at radius 2 is 2.11 bits per heavy atom. The molecule has 1 atom stereocenters. The summed E-state index contributed by atoms with van der Waals surface area (Å²) in [7, 11) is 0. The SMILES string of the molecule is CC(C)C1CNC(C)(C)CN1c1ccc(Br)cc1F. The van der Waals surface area contributed by atoms with E-state index in [9.17, 15) is 4.39 Å². The summed E-state index contributed by atoms with van der Waals surface area (Å²) in [6.45, 7) is 10.4. The highest BCUT2D eigenvalue weighted by atomic mass is 79.9. The van der Waals surface area contributed by atoms with Crippen LogP contribution in [0.2, 0.25) is 0 Å². The number of anilines is 1.